The molecule has 0 bridgehead atoms. The number of nitrogens with one attached hydrogen (secondary N) is 1. The van der Waals surface area contributed by atoms with E-state index >= 15 is 0 Å². The third-order valence-corrected chi connectivity index (χ3v) is 8.91. The molecule has 13 heteroatoms. The molecule has 2 fully saturated rings. The number of aliphatic carboxylic acids is 1. The Balaban J connectivity index is 1.35. The lowest BCUT2D eigenvalue weighted by atomic mass is 9.84. The van der Waals surface area contributed by atoms with Gasteiger partial charge in [-0.05, 0) is 55.8 Å². The summed E-state index contributed by atoms with van der Waals surface area (Å²) in [5, 5.41) is 12.5. The number of carbonyl (C=O) groups is 2. The number of amides is 1. The Morgan fingerprint density at radius 3 is 2.60 bits per heavy atom. The lowest BCUT2D eigenvalue weighted by Crippen LogP contribution is -2.39. The van der Waals surface area contributed by atoms with Gasteiger partial charge in [-0.25, -0.2) is 19.3 Å². The van der Waals surface area contributed by atoms with Crippen LogP contribution in [0.3, 0.4) is 0 Å². The molecule has 2 aromatic heterocycles. The van der Waals surface area contributed by atoms with E-state index in [-0.39, 0.29) is 22.8 Å². The second-order valence-electron chi connectivity index (χ2n) is 11.7. The number of carbonyl (C=O) groups excluding carboxylic acids is 1. The first-order chi connectivity index (χ1) is 20.7. The number of piperidine rings is 2. The summed E-state index contributed by atoms with van der Waals surface area (Å²) in [5.41, 5.74) is 1.76. The number of benzene rings is 1. The Morgan fingerprint density at radius 2 is 1.95 bits per heavy atom. The molecule has 0 spiro atoms. The largest absolute Gasteiger partial charge is 0.493 e. The molecule has 3 aromatic rings. The summed E-state index contributed by atoms with van der Waals surface area (Å²) in [4.78, 5) is 43.3. The average molecular weight is 613 g/mol. The van der Waals surface area contributed by atoms with Gasteiger partial charge in [-0.3, -0.25) is 19.8 Å². The van der Waals surface area contributed by atoms with Crippen LogP contribution in [0.15, 0.2) is 30.6 Å². The zero-order valence-electron chi connectivity index (χ0n) is 24.6. The predicted molar refractivity (Wildman–Crippen MR) is 162 cm³/mol. The van der Waals surface area contributed by atoms with Crippen molar-refractivity contribution >= 4 is 34.2 Å². The van der Waals surface area contributed by atoms with Crippen molar-refractivity contribution in [3.8, 4) is 22.8 Å². The van der Waals surface area contributed by atoms with Gasteiger partial charge >= 0.3 is 5.97 Å². The highest BCUT2D eigenvalue weighted by Crippen LogP contribution is 2.38. The molecule has 2 saturated heterocycles. The lowest BCUT2D eigenvalue weighted by Gasteiger charge is -2.37. The van der Waals surface area contributed by atoms with Gasteiger partial charge in [0.25, 0.3) is 5.91 Å². The van der Waals surface area contributed by atoms with Gasteiger partial charge in [-0.1, -0.05) is 25.2 Å². The molecule has 230 valence electrons. The second kappa shape index (κ2) is 13.2. The minimum Gasteiger partial charge on any atom is -0.493 e. The first kappa shape index (κ1) is 30.6. The van der Waals surface area contributed by atoms with Crippen LogP contribution in [-0.4, -0.2) is 77.0 Å². The van der Waals surface area contributed by atoms with Crippen molar-refractivity contribution in [1.82, 2.24) is 19.9 Å². The molecule has 1 amide bonds. The fourth-order valence-electron chi connectivity index (χ4n) is 5.73. The van der Waals surface area contributed by atoms with Gasteiger partial charge in [-0.15, -0.1) is 0 Å². The summed E-state index contributed by atoms with van der Waals surface area (Å²) in [7, 11) is 1.50. The number of hydrogen-bond donors (Lipinski definition) is 2. The molecule has 0 atom stereocenters. The van der Waals surface area contributed by atoms with Crippen molar-refractivity contribution in [2.75, 3.05) is 50.4 Å². The average Bonchev–Trinajstić information content (AvgIpc) is 3.38. The number of rotatable bonds is 10. The highest BCUT2D eigenvalue weighted by Gasteiger charge is 2.29. The number of anilines is 2. The van der Waals surface area contributed by atoms with Gasteiger partial charge in [-0.2, -0.15) is 0 Å². The molecule has 0 saturated carbocycles. The van der Waals surface area contributed by atoms with Crippen LogP contribution in [0, 0.1) is 11.3 Å². The number of aromatic nitrogens is 3. The van der Waals surface area contributed by atoms with E-state index in [4.69, 9.17) is 14.5 Å². The molecule has 0 radical (unpaired) electrons. The molecule has 11 nitrogen and oxygen atoms in total. The third-order valence-electron chi connectivity index (χ3n) is 7.95. The maximum absolute atomic E-state index is 13.2. The minimum atomic E-state index is -0.992. The SMILES string of the molecule is COc1ccc(-c2nc(NC(=O)c3cnc(N4CCC(C(=O)O)CC4)cn3)sc2CN2CCCC(C)(C)C2)cc1OCF. The quantitative estimate of drug-likeness (QED) is 0.319. The summed E-state index contributed by atoms with van der Waals surface area (Å²) >= 11 is 1.39. The molecule has 4 heterocycles. The fourth-order valence-corrected chi connectivity index (χ4v) is 6.76. The molecule has 0 unspecified atom stereocenters. The number of ether oxygens (including phenoxy) is 2. The van der Waals surface area contributed by atoms with Crippen molar-refractivity contribution in [1.29, 1.82) is 0 Å². The zero-order chi connectivity index (χ0) is 30.6. The van der Waals surface area contributed by atoms with Crippen LogP contribution in [-0.2, 0) is 11.3 Å². The molecular formula is C30H37FN6O5S. The maximum atomic E-state index is 13.2. The van der Waals surface area contributed by atoms with E-state index in [1.165, 1.54) is 37.3 Å². The first-order valence-corrected chi connectivity index (χ1v) is 15.2. The Bertz CT molecular complexity index is 1440. The fraction of sp³-hybridized carbons (Fsp3) is 0.500. The third kappa shape index (κ3) is 7.39. The van der Waals surface area contributed by atoms with Crippen LogP contribution in [0.1, 0.15) is 54.9 Å². The molecule has 5 rings (SSSR count). The van der Waals surface area contributed by atoms with Crippen molar-refractivity contribution < 1.29 is 28.6 Å². The Labute approximate surface area is 254 Å². The van der Waals surface area contributed by atoms with E-state index < -0.39 is 18.7 Å². The number of nitrogens with zero attached hydrogens (tertiary/aromatic N) is 5. The number of carboxylic acids is 1. The van der Waals surface area contributed by atoms with Gasteiger partial charge in [0.15, 0.2) is 16.6 Å². The van der Waals surface area contributed by atoms with E-state index in [0.717, 1.165) is 30.0 Å². The van der Waals surface area contributed by atoms with E-state index in [1.807, 2.05) is 11.0 Å². The second-order valence-corrected chi connectivity index (χ2v) is 12.8. The predicted octanol–water partition coefficient (Wildman–Crippen LogP) is 5.09. The summed E-state index contributed by atoms with van der Waals surface area (Å²) < 4.78 is 23.6. The lowest BCUT2D eigenvalue weighted by molar-refractivity contribution is -0.142. The van der Waals surface area contributed by atoms with E-state index in [9.17, 15) is 19.1 Å². The number of carboxylic acid groups (broad SMARTS) is 1. The number of hydrogen-bond acceptors (Lipinski definition) is 10. The number of halogens is 1. The Kier molecular flexibility index (Phi) is 9.40. The van der Waals surface area contributed by atoms with Gasteiger partial charge < -0.3 is 19.5 Å². The van der Waals surface area contributed by atoms with Gasteiger partial charge in [0.05, 0.1) is 31.1 Å². The highest BCUT2D eigenvalue weighted by atomic mass is 32.1. The number of thiazole rings is 1. The zero-order valence-corrected chi connectivity index (χ0v) is 25.5. The Hall–Kier alpha value is -3.84. The molecule has 2 aliphatic heterocycles. The molecular weight excluding hydrogens is 575 g/mol. The normalized spacial score (nSPS) is 17.4. The van der Waals surface area contributed by atoms with Gasteiger partial charge in [0, 0.05) is 36.6 Å². The monoisotopic (exact) mass is 612 g/mol. The number of likely N-dealkylation sites (tertiary alicyclic amines) is 1. The minimum absolute atomic E-state index is 0.142. The topological polar surface area (TPSA) is 130 Å². The maximum Gasteiger partial charge on any atom is 0.306 e. The van der Waals surface area contributed by atoms with E-state index in [0.29, 0.717) is 54.9 Å². The summed E-state index contributed by atoms with van der Waals surface area (Å²) in [6, 6.07) is 5.26. The number of alkyl halides is 1. The van der Waals surface area contributed by atoms with Crippen molar-refractivity contribution in [3.05, 3.63) is 41.2 Å². The van der Waals surface area contributed by atoms with Crippen LogP contribution in [0.2, 0.25) is 0 Å². The van der Waals surface area contributed by atoms with Gasteiger partial charge in [0.2, 0.25) is 6.86 Å². The molecule has 2 aliphatic rings. The van der Waals surface area contributed by atoms with Crippen LogP contribution in [0.25, 0.3) is 11.3 Å². The van der Waals surface area contributed by atoms with Crippen molar-refractivity contribution in [2.45, 2.75) is 46.1 Å². The van der Waals surface area contributed by atoms with Crippen LogP contribution >= 0.6 is 11.3 Å². The summed E-state index contributed by atoms with van der Waals surface area (Å²) in [6.45, 7) is 7.26. The number of methoxy groups -OCH3 is 1. The first-order valence-electron chi connectivity index (χ1n) is 14.4. The summed E-state index contributed by atoms with van der Waals surface area (Å²) in [5.74, 6) is -0.261. The molecule has 43 heavy (non-hydrogen) atoms. The van der Waals surface area contributed by atoms with Crippen LogP contribution in [0.5, 0.6) is 11.5 Å². The van der Waals surface area contributed by atoms with E-state index in [1.54, 1.807) is 12.1 Å². The highest BCUT2D eigenvalue weighted by molar-refractivity contribution is 7.16. The summed E-state index contributed by atoms with van der Waals surface area (Å²) in [6.07, 6.45) is 6.31. The van der Waals surface area contributed by atoms with Crippen molar-refractivity contribution in [2.24, 2.45) is 11.3 Å². The smallest absolute Gasteiger partial charge is 0.306 e. The molecule has 2 N–H and O–H groups in total. The Morgan fingerprint density at radius 1 is 1.16 bits per heavy atom. The van der Waals surface area contributed by atoms with Crippen molar-refractivity contribution in [3.63, 3.8) is 0 Å². The van der Waals surface area contributed by atoms with Crippen LogP contribution < -0.4 is 19.7 Å². The molecule has 1 aromatic carbocycles. The van der Waals surface area contributed by atoms with E-state index in [2.05, 4.69) is 34.0 Å². The van der Waals surface area contributed by atoms with Crippen LogP contribution in [0.4, 0.5) is 15.3 Å². The van der Waals surface area contributed by atoms with Gasteiger partial charge in [0.1, 0.15) is 11.5 Å². The molecule has 0 aliphatic carbocycles. The standard InChI is InChI=1S/C30H37FN6O5S/c1-30(2)9-4-10-36(17-30)16-24-26(20-5-6-22(41-3)23(13-20)42-18-31)34-29(43-24)35-27(38)21-14-33-25(15-32-21)37-11-7-19(8-12-37)28(39)40/h5-6,13-15,19H,4,7-12,16-18H2,1-3H3,(H,39,40)(H,34,35,38).